The number of carbonyl (C=O) groups excluding carboxylic acids is 3. The van der Waals surface area contributed by atoms with Gasteiger partial charge in [0.15, 0.2) is 0 Å². The van der Waals surface area contributed by atoms with Gasteiger partial charge in [-0.1, -0.05) is 46.4 Å². The lowest BCUT2D eigenvalue weighted by atomic mass is 10.2. The van der Waals surface area contributed by atoms with Gasteiger partial charge in [-0.2, -0.15) is 0 Å². The Morgan fingerprint density at radius 3 is 2.12 bits per heavy atom. The van der Waals surface area contributed by atoms with Gasteiger partial charge in [0.05, 0.1) is 16.3 Å². The predicted molar refractivity (Wildman–Crippen MR) is 130 cm³/mol. The molecule has 0 unspecified atom stereocenters. The van der Waals surface area contributed by atoms with Crippen molar-refractivity contribution in [1.29, 1.82) is 0 Å². The third-order valence-electron chi connectivity index (χ3n) is 4.65. The molecule has 172 valence electrons. The zero-order chi connectivity index (χ0) is 24.6. The molecule has 0 spiro atoms. The lowest BCUT2D eigenvalue weighted by Crippen LogP contribution is -2.32. The minimum atomic E-state index is -0.737. The number of rotatable bonds is 5. The first-order chi connectivity index (χ1) is 16.1. The van der Waals surface area contributed by atoms with Crippen molar-refractivity contribution in [2.45, 2.75) is 0 Å². The summed E-state index contributed by atoms with van der Waals surface area (Å²) in [5.41, 5.74) is 0.619. The molecule has 0 radical (unpaired) electrons. The first kappa shape index (κ1) is 23.9. The number of benzene rings is 3. The number of esters is 1. The summed E-state index contributed by atoms with van der Waals surface area (Å²) >= 11 is 23.8. The summed E-state index contributed by atoms with van der Waals surface area (Å²) in [5, 5.41) is 12.7. The standard InChI is InChI=1S/C23H12Cl4N2O5/c24-12-7-13(25)9-15(8-12)29-21(31)19(27)20(22(29)32)28-14-3-1-11(2-4-14)23(33)34-16-5-6-17(26)18(30)10-16/h1-10,28,30H. The Kier molecular flexibility index (Phi) is 6.72. The molecule has 0 bridgehead atoms. The van der Waals surface area contributed by atoms with Crippen LogP contribution in [-0.2, 0) is 9.59 Å². The first-order valence-electron chi connectivity index (χ1n) is 9.46. The van der Waals surface area contributed by atoms with E-state index in [1.807, 2.05) is 0 Å². The molecule has 0 fully saturated rings. The molecule has 0 aromatic heterocycles. The van der Waals surface area contributed by atoms with Gasteiger partial charge in [-0.15, -0.1) is 0 Å². The highest BCUT2D eigenvalue weighted by Crippen LogP contribution is 2.33. The Morgan fingerprint density at radius 1 is 0.853 bits per heavy atom. The number of hydrogen-bond donors (Lipinski definition) is 2. The van der Waals surface area contributed by atoms with Crippen LogP contribution in [0.15, 0.2) is 71.4 Å². The summed E-state index contributed by atoms with van der Waals surface area (Å²) in [6.45, 7) is 0. The second-order valence-electron chi connectivity index (χ2n) is 6.97. The Hall–Kier alpha value is -3.23. The van der Waals surface area contributed by atoms with Crippen LogP contribution in [0.25, 0.3) is 0 Å². The Bertz CT molecular complexity index is 1350. The summed E-state index contributed by atoms with van der Waals surface area (Å²) in [6, 6.07) is 14.2. The van der Waals surface area contributed by atoms with E-state index >= 15 is 0 Å². The number of halogens is 4. The summed E-state index contributed by atoms with van der Waals surface area (Å²) in [7, 11) is 0. The molecule has 7 nitrogen and oxygen atoms in total. The van der Waals surface area contributed by atoms with Gasteiger partial charge in [-0.25, -0.2) is 9.69 Å². The van der Waals surface area contributed by atoms with E-state index in [9.17, 15) is 19.5 Å². The number of ether oxygens (including phenoxy) is 1. The van der Waals surface area contributed by atoms with Gasteiger partial charge in [0, 0.05) is 21.8 Å². The summed E-state index contributed by atoms with van der Waals surface area (Å²) in [4.78, 5) is 38.7. The summed E-state index contributed by atoms with van der Waals surface area (Å²) in [5.74, 6) is -2.22. The Morgan fingerprint density at radius 2 is 1.50 bits per heavy atom. The van der Waals surface area contributed by atoms with Crippen molar-refractivity contribution in [2.24, 2.45) is 0 Å². The molecule has 4 rings (SSSR count). The van der Waals surface area contributed by atoms with Gasteiger partial charge in [0.25, 0.3) is 11.8 Å². The first-order valence-corrected chi connectivity index (χ1v) is 11.0. The SMILES string of the molecule is O=C(Oc1ccc(Cl)c(O)c1)c1ccc(NC2=C(Cl)C(=O)N(c3cc(Cl)cc(Cl)c3)C2=O)cc1. The minimum Gasteiger partial charge on any atom is -0.506 e. The van der Waals surface area contributed by atoms with Crippen LogP contribution in [0.5, 0.6) is 11.5 Å². The van der Waals surface area contributed by atoms with E-state index in [0.717, 1.165) is 4.90 Å². The van der Waals surface area contributed by atoms with Crippen LogP contribution >= 0.6 is 46.4 Å². The molecule has 0 atom stereocenters. The number of nitrogens with zero attached hydrogens (tertiary/aromatic N) is 1. The average Bonchev–Trinajstić information content (AvgIpc) is 2.99. The van der Waals surface area contributed by atoms with Crippen molar-refractivity contribution >= 4 is 75.6 Å². The number of aromatic hydroxyl groups is 1. The lowest BCUT2D eigenvalue weighted by molar-refractivity contribution is -0.120. The second kappa shape index (κ2) is 9.56. The molecule has 2 N–H and O–H groups in total. The average molecular weight is 538 g/mol. The molecular weight excluding hydrogens is 526 g/mol. The highest BCUT2D eigenvalue weighted by Gasteiger charge is 2.39. The molecule has 1 aliphatic rings. The van der Waals surface area contributed by atoms with Gasteiger partial charge in [0.1, 0.15) is 22.2 Å². The predicted octanol–water partition coefficient (Wildman–Crippen LogP) is 6.01. The maximum Gasteiger partial charge on any atom is 0.343 e. The van der Waals surface area contributed by atoms with E-state index < -0.39 is 17.8 Å². The molecule has 0 saturated carbocycles. The van der Waals surface area contributed by atoms with E-state index in [-0.39, 0.29) is 48.5 Å². The minimum absolute atomic E-state index is 0.113. The van der Waals surface area contributed by atoms with E-state index in [1.54, 1.807) is 0 Å². The van der Waals surface area contributed by atoms with Crippen molar-refractivity contribution in [1.82, 2.24) is 0 Å². The topological polar surface area (TPSA) is 95.9 Å². The van der Waals surface area contributed by atoms with Gasteiger partial charge in [0.2, 0.25) is 0 Å². The molecular formula is C23H12Cl4N2O5. The third-order valence-corrected chi connectivity index (χ3v) is 5.76. The van der Waals surface area contributed by atoms with Crippen molar-refractivity contribution in [3.8, 4) is 11.5 Å². The highest BCUT2D eigenvalue weighted by molar-refractivity contribution is 6.53. The Labute approximate surface area is 213 Å². The number of anilines is 2. The Balaban J connectivity index is 1.49. The monoisotopic (exact) mass is 536 g/mol. The molecule has 1 aliphatic heterocycles. The van der Waals surface area contributed by atoms with Crippen molar-refractivity contribution in [3.63, 3.8) is 0 Å². The van der Waals surface area contributed by atoms with E-state index in [2.05, 4.69) is 5.32 Å². The zero-order valence-corrected chi connectivity index (χ0v) is 19.8. The van der Waals surface area contributed by atoms with E-state index in [0.29, 0.717) is 5.69 Å². The van der Waals surface area contributed by atoms with Crippen molar-refractivity contribution in [3.05, 3.63) is 92.0 Å². The van der Waals surface area contributed by atoms with Gasteiger partial charge >= 0.3 is 5.97 Å². The number of hydrogen-bond acceptors (Lipinski definition) is 6. The van der Waals surface area contributed by atoms with Crippen LogP contribution < -0.4 is 15.0 Å². The molecule has 3 aromatic rings. The number of carbonyl (C=O) groups is 3. The summed E-state index contributed by atoms with van der Waals surface area (Å²) < 4.78 is 5.20. The fourth-order valence-electron chi connectivity index (χ4n) is 3.07. The van der Waals surface area contributed by atoms with Gasteiger partial charge in [-0.05, 0) is 54.6 Å². The van der Waals surface area contributed by atoms with Gasteiger partial charge in [-0.3, -0.25) is 9.59 Å². The quantitative estimate of drug-likeness (QED) is 0.235. The number of phenols is 1. The van der Waals surface area contributed by atoms with Crippen LogP contribution in [0.2, 0.25) is 15.1 Å². The third kappa shape index (κ3) is 4.83. The molecule has 0 aliphatic carbocycles. The molecule has 0 saturated heterocycles. The van der Waals surface area contributed by atoms with Crippen LogP contribution in [0.1, 0.15) is 10.4 Å². The maximum atomic E-state index is 12.9. The van der Waals surface area contributed by atoms with E-state index in [4.69, 9.17) is 51.1 Å². The summed E-state index contributed by atoms with van der Waals surface area (Å²) in [6.07, 6.45) is 0. The fourth-order valence-corrected chi connectivity index (χ4v) is 3.91. The van der Waals surface area contributed by atoms with Gasteiger partial charge < -0.3 is 15.2 Å². The van der Waals surface area contributed by atoms with Crippen LogP contribution in [0, 0.1) is 0 Å². The smallest absolute Gasteiger partial charge is 0.343 e. The van der Waals surface area contributed by atoms with Crippen LogP contribution in [0.4, 0.5) is 11.4 Å². The number of phenolic OH excluding ortho intramolecular Hbond substituents is 1. The van der Waals surface area contributed by atoms with Crippen molar-refractivity contribution < 1.29 is 24.2 Å². The normalized spacial score (nSPS) is 13.5. The molecule has 11 heteroatoms. The molecule has 34 heavy (non-hydrogen) atoms. The molecule has 2 amide bonds. The van der Waals surface area contributed by atoms with E-state index in [1.165, 1.54) is 60.7 Å². The fraction of sp³-hybridized carbons (Fsp3) is 0. The lowest BCUT2D eigenvalue weighted by Gasteiger charge is -2.16. The second-order valence-corrected chi connectivity index (χ2v) is 8.63. The maximum absolute atomic E-state index is 12.9. The van der Waals surface area contributed by atoms with Crippen LogP contribution in [-0.4, -0.2) is 22.9 Å². The number of amides is 2. The molecule has 3 aromatic carbocycles. The highest BCUT2D eigenvalue weighted by atomic mass is 35.5. The van der Waals surface area contributed by atoms with Crippen molar-refractivity contribution in [2.75, 3.05) is 10.2 Å². The molecule has 1 heterocycles. The largest absolute Gasteiger partial charge is 0.506 e. The zero-order valence-electron chi connectivity index (χ0n) is 16.8. The number of imide groups is 1. The number of nitrogens with one attached hydrogen (secondary N) is 1. The van der Waals surface area contributed by atoms with Crippen LogP contribution in [0.3, 0.4) is 0 Å².